The van der Waals surface area contributed by atoms with Crippen molar-refractivity contribution in [2.45, 2.75) is 6.92 Å². The van der Waals surface area contributed by atoms with Crippen molar-refractivity contribution in [2.75, 3.05) is 0 Å². The molecule has 3 rings (SSSR count). The Morgan fingerprint density at radius 3 is 1.42 bits per heavy atom. The van der Waals surface area contributed by atoms with Gasteiger partial charge in [-0.3, -0.25) is 0 Å². The maximum absolute atomic E-state index is 5.71. The van der Waals surface area contributed by atoms with E-state index in [9.17, 15) is 0 Å². The summed E-state index contributed by atoms with van der Waals surface area (Å²) in [5.41, 5.74) is 0. The van der Waals surface area contributed by atoms with E-state index in [1.165, 1.54) is 0 Å². The van der Waals surface area contributed by atoms with Crippen LogP contribution in [0.15, 0.2) is 79.4 Å². The third-order valence-corrected chi connectivity index (χ3v) is 12.4. The fraction of sp³-hybridized carbons (Fsp3) is 0.0667. The number of hydrogen-bond acceptors (Lipinski definition) is 3. The van der Waals surface area contributed by atoms with E-state index in [-0.39, 0.29) is 0 Å². The van der Waals surface area contributed by atoms with Gasteiger partial charge in [-0.25, -0.2) is 0 Å². The molecule has 0 amide bonds. The van der Waals surface area contributed by atoms with Gasteiger partial charge in [-0.1, -0.05) is 0 Å². The number of allylic oxidation sites excluding steroid dienone is 1. The molecule has 0 aromatic carbocycles. The van der Waals surface area contributed by atoms with Crippen LogP contribution < -0.4 is 13.8 Å². The second kappa shape index (κ2) is 4.66. The first kappa shape index (κ1) is 12.2. The van der Waals surface area contributed by atoms with Gasteiger partial charge in [0.05, 0.1) is 0 Å². The van der Waals surface area contributed by atoms with Gasteiger partial charge in [-0.15, -0.1) is 0 Å². The van der Waals surface area contributed by atoms with Gasteiger partial charge >= 0.3 is 113 Å². The molecule has 0 unspecified atom stereocenters. The van der Waals surface area contributed by atoms with E-state index in [0.717, 1.165) is 18.2 Å². The molecule has 0 atom stereocenters. The Kier molecular flexibility index (Phi) is 2.99. The third-order valence-electron chi connectivity index (χ3n) is 3.31. The molecule has 0 N–H and O–H groups in total. The van der Waals surface area contributed by atoms with Crippen molar-refractivity contribution in [3.8, 4) is 0 Å². The molecule has 3 nitrogen and oxygen atoms in total. The molecule has 0 radical (unpaired) electrons. The monoisotopic (exact) mass is 316 g/mol. The zero-order valence-electron chi connectivity index (χ0n) is 10.6. The number of furan rings is 3. The third kappa shape index (κ3) is 1.73. The van der Waals surface area contributed by atoms with E-state index in [1.807, 2.05) is 43.3 Å². The van der Waals surface area contributed by atoms with E-state index in [1.54, 1.807) is 18.8 Å². The van der Waals surface area contributed by atoms with Crippen molar-refractivity contribution in [3.63, 3.8) is 0 Å². The fourth-order valence-electron chi connectivity index (χ4n) is 2.47. The van der Waals surface area contributed by atoms with E-state index in [0.29, 0.717) is 0 Å². The molecule has 4 heteroatoms. The van der Waals surface area contributed by atoms with Crippen molar-refractivity contribution in [3.05, 3.63) is 66.2 Å². The van der Waals surface area contributed by atoms with Crippen LogP contribution in [0.1, 0.15) is 6.92 Å². The molecular formula is C15H14GeO3. The minimum absolute atomic E-state index is 0.914. The topological polar surface area (TPSA) is 39.4 Å². The molecule has 3 aromatic heterocycles. The van der Waals surface area contributed by atoms with Crippen molar-refractivity contribution in [1.29, 1.82) is 0 Å². The second-order valence-corrected chi connectivity index (χ2v) is 12.5. The van der Waals surface area contributed by atoms with Gasteiger partial charge in [0.2, 0.25) is 0 Å². The molecule has 0 aliphatic carbocycles. The van der Waals surface area contributed by atoms with Gasteiger partial charge in [0, 0.05) is 0 Å². The van der Waals surface area contributed by atoms with Crippen molar-refractivity contribution in [1.82, 2.24) is 0 Å². The molecule has 0 spiro atoms. The first-order chi connectivity index (χ1) is 9.26. The summed E-state index contributed by atoms with van der Waals surface area (Å²) >= 11 is -3.17. The summed E-state index contributed by atoms with van der Waals surface area (Å²) in [4.78, 5) is 0. The van der Waals surface area contributed by atoms with Crippen LogP contribution in [-0.4, -0.2) is 13.3 Å². The fourth-order valence-corrected chi connectivity index (χ4v) is 10.4. The SMILES string of the molecule is C=[C](C)[Ge]([c]1ccco1)([c]1ccco1)[c]1ccco1. The minimum atomic E-state index is -3.17. The van der Waals surface area contributed by atoms with E-state index in [2.05, 4.69) is 6.58 Å². The molecule has 3 heterocycles. The quantitative estimate of drug-likeness (QED) is 0.692. The zero-order chi connectivity index (χ0) is 13.3. The van der Waals surface area contributed by atoms with Gasteiger partial charge < -0.3 is 0 Å². The van der Waals surface area contributed by atoms with E-state index >= 15 is 0 Å². The summed E-state index contributed by atoms with van der Waals surface area (Å²) in [5, 5.41) is 0. The number of hydrogen-bond donors (Lipinski definition) is 0. The second-order valence-electron chi connectivity index (χ2n) is 4.46. The molecule has 0 aliphatic rings. The van der Waals surface area contributed by atoms with Crippen LogP contribution in [0.25, 0.3) is 0 Å². The van der Waals surface area contributed by atoms with Crippen LogP contribution >= 0.6 is 0 Å². The predicted molar refractivity (Wildman–Crippen MR) is 75.6 cm³/mol. The van der Waals surface area contributed by atoms with Crippen LogP contribution in [0, 0.1) is 0 Å². The molecule has 96 valence electrons. The molecule has 0 saturated heterocycles. The van der Waals surface area contributed by atoms with Gasteiger partial charge in [0.15, 0.2) is 0 Å². The average molecular weight is 315 g/mol. The molecule has 3 aromatic rings. The number of rotatable bonds is 4. The summed E-state index contributed by atoms with van der Waals surface area (Å²) < 4.78 is 20.9. The first-order valence-electron chi connectivity index (χ1n) is 6.04. The predicted octanol–water partition coefficient (Wildman–Crippen LogP) is 2.05. The standard InChI is InChI=1S/C15H14GeO3/c1-12(2)16(13-6-3-9-17-13,14-7-4-10-18-14)15-8-5-11-19-15/h3-11H,1H2,2H3. The molecule has 0 fully saturated rings. The maximum atomic E-state index is 5.71. The van der Waals surface area contributed by atoms with Crippen molar-refractivity contribution in [2.24, 2.45) is 0 Å². The first-order valence-corrected chi connectivity index (χ1v) is 10.2. The van der Waals surface area contributed by atoms with E-state index in [4.69, 9.17) is 13.3 Å². The Hall–Kier alpha value is -1.88. The summed E-state index contributed by atoms with van der Waals surface area (Å²) in [7, 11) is 0. The molecule has 0 saturated carbocycles. The van der Waals surface area contributed by atoms with Crippen LogP contribution in [0.3, 0.4) is 0 Å². The average Bonchev–Trinajstić information content (AvgIpc) is 3.15. The summed E-state index contributed by atoms with van der Waals surface area (Å²) in [6.07, 6.45) is 5.05. The Morgan fingerprint density at radius 1 is 0.842 bits per heavy atom. The zero-order valence-corrected chi connectivity index (χ0v) is 12.7. The Bertz CT molecular complexity index is 564. The van der Waals surface area contributed by atoms with Crippen LogP contribution in [0.4, 0.5) is 0 Å². The molecule has 0 aliphatic heterocycles. The van der Waals surface area contributed by atoms with E-state index < -0.39 is 13.3 Å². The Balaban J connectivity index is 2.34. The van der Waals surface area contributed by atoms with Crippen molar-refractivity contribution < 1.29 is 13.3 Å². The molecular weight excluding hydrogens is 301 g/mol. The van der Waals surface area contributed by atoms with Gasteiger partial charge in [-0.05, 0) is 0 Å². The normalized spacial score (nSPS) is 11.6. The van der Waals surface area contributed by atoms with Gasteiger partial charge in [0.1, 0.15) is 0 Å². The van der Waals surface area contributed by atoms with Crippen LogP contribution in [-0.2, 0) is 0 Å². The Morgan fingerprint density at radius 2 is 1.21 bits per heavy atom. The van der Waals surface area contributed by atoms with Crippen LogP contribution in [0.2, 0.25) is 0 Å². The summed E-state index contributed by atoms with van der Waals surface area (Å²) in [6.45, 7) is 6.22. The Labute approximate surface area is 113 Å². The van der Waals surface area contributed by atoms with Gasteiger partial charge in [-0.2, -0.15) is 0 Å². The molecule has 0 bridgehead atoms. The van der Waals surface area contributed by atoms with Crippen LogP contribution in [0.5, 0.6) is 0 Å². The molecule has 19 heavy (non-hydrogen) atoms. The van der Waals surface area contributed by atoms with Crippen molar-refractivity contribution >= 4 is 27.0 Å². The summed E-state index contributed by atoms with van der Waals surface area (Å²) in [5.74, 6) is 0. The summed E-state index contributed by atoms with van der Waals surface area (Å²) in [6, 6.07) is 11.6. The van der Waals surface area contributed by atoms with Gasteiger partial charge in [0.25, 0.3) is 0 Å².